The lowest BCUT2D eigenvalue weighted by Crippen LogP contribution is -2.45. The van der Waals surface area contributed by atoms with Crippen molar-refractivity contribution in [1.82, 2.24) is 10.2 Å². The first kappa shape index (κ1) is 19.4. The first-order chi connectivity index (χ1) is 10.0. The van der Waals surface area contributed by atoms with Crippen LogP contribution in [-0.4, -0.2) is 49.7 Å². The quantitative estimate of drug-likeness (QED) is 0.795. The molecule has 1 heterocycles. The number of halogens is 4. The van der Waals surface area contributed by atoms with Gasteiger partial charge in [-0.1, -0.05) is 0 Å². The fourth-order valence-electron chi connectivity index (χ4n) is 2.60. The van der Waals surface area contributed by atoms with Gasteiger partial charge in [-0.15, -0.1) is 12.4 Å². The van der Waals surface area contributed by atoms with Crippen molar-refractivity contribution in [2.24, 2.45) is 0 Å². The highest BCUT2D eigenvalue weighted by Gasteiger charge is 2.27. The summed E-state index contributed by atoms with van der Waals surface area (Å²) in [6, 6.07) is 2.93. The molecular weight excluding hydrogens is 382 g/mol. The maximum Gasteiger partial charge on any atom is 0.240 e. The van der Waals surface area contributed by atoms with Gasteiger partial charge in [-0.3, -0.25) is 4.90 Å². The van der Waals surface area contributed by atoms with E-state index in [2.05, 4.69) is 21.2 Å². The number of phenolic OH excluding ortho intramolecular Hbond substituents is 1. The zero-order valence-corrected chi connectivity index (χ0v) is 14.6. The Kier molecular flexibility index (Phi) is 7.82. The highest BCUT2D eigenvalue weighted by molar-refractivity contribution is 9.10. The van der Waals surface area contributed by atoms with E-state index in [9.17, 15) is 13.9 Å². The van der Waals surface area contributed by atoms with Gasteiger partial charge in [0.2, 0.25) is 6.43 Å². The number of benzene rings is 1. The lowest BCUT2D eigenvalue weighted by Gasteiger charge is -2.35. The molecule has 1 fully saturated rings. The van der Waals surface area contributed by atoms with Crippen LogP contribution in [0.2, 0.25) is 0 Å². The summed E-state index contributed by atoms with van der Waals surface area (Å²) in [5, 5.41) is 13.1. The SMILES string of the molecule is COc1cc([C@H](CC(F)F)N2CCNCC2)cc(Br)c1O.Cl. The van der Waals surface area contributed by atoms with Gasteiger partial charge in [-0.05, 0) is 33.6 Å². The number of phenols is 1. The topological polar surface area (TPSA) is 44.7 Å². The van der Waals surface area contributed by atoms with Crippen molar-refractivity contribution < 1.29 is 18.6 Å². The molecule has 0 spiro atoms. The average Bonchev–Trinajstić information content (AvgIpc) is 2.48. The second-order valence-corrected chi connectivity index (χ2v) is 5.84. The standard InChI is InChI=1S/C14H19BrF2N2O2.ClH/c1-21-12-7-9(6-10(15)14(12)20)11(8-13(16)17)19-4-2-18-3-5-19;/h6-7,11,13,18,20H,2-5,8H2,1H3;1H/t11-;/m0./s1. The van der Waals surface area contributed by atoms with Gasteiger partial charge in [0.25, 0.3) is 0 Å². The summed E-state index contributed by atoms with van der Waals surface area (Å²) in [5.74, 6) is 0.270. The lowest BCUT2D eigenvalue weighted by atomic mass is 10.0. The molecule has 0 aliphatic carbocycles. The molecule has 0 unspecified atom stereocenters. The van der Waals surface area contributed by atoms with Crippen molar-refractivity contribution in [3.8, 4) is 11.5 Å². The number of nitrogens with zero attached hydrogens (tertiary/aromatic N) is 1. The van der Waals surface area contributed by atoms with Crippen LogP contribution in [0.15, 0.2) is 16.6 Å². The Morgan fingerprint density at radius 2 is 2.00 bits per heavy atom. The molecule has 2 N–H and O–H groups in total. The molecule has 0 aromatic heterocycles. The highest BCUT2D eigenvalue weighted by atomic mass is 79.9. The van der Waals surface area contributed by atoms with Gasteiger partial charge in [0.05, 0.1) is 11.6 Å². The zero-order chi connectivity index (χ0) is 15.4. The van der Waals surface area contributed by atoms with Crippen LogP contribution < -0.4 is 10.1 Å². The van der Waals surface area contributed by atoms with Crippen LogP contribution in [-0.2, 0) is 0 Å². The lowest BCUT2D eigenvalue weighted by molar-refractivity contribution is 0.0738. The highest BCUT2D eigenvalue weighted by Crippen LogP contribution is 2.39. The van der Waals surface area contributed by atoms with Crippen molar-refractivity contribution in [3.05, 3.63) is 22.2 Å². The van der Waals surface area contributed by atoms with Crippen molar-refractivity contribution in [2.75, 3.05) is 33.3 Å². The molecule has 1 aromatic rings. The Morgan fingerprint density at radius 3 is 2.55 bits per heavy atom. The van der Waals surface area contributed by atoms with Crippen LogP contribution in [0, 0.1) is 0 Å². The number of ether oxygens (including phenoxy) is 1. The van der Waals surface area contributed by atoms with Gasteiger partial charge in [0.1, 0.15) is 0 Å². The summed E-state index contributed by atoms with van der Waals surface area (Å²) in [6.45, 7) is 3.02. The minimum atomic E-state index is -2.39. The van der Waals surface area contributed by atoms with Gasteiger partial charge >= 0.3 is 0 Å². The number of piperazine rings is 1. The monoisotopic (exact) mass is 400 g/mol. The number of hydrogen-bond acceptors (Lipinski definition) is 4. The summed E-state index contributed by atoms with van der Waals surface area (Å²) in [4.78, 5) is 2.04. The molecule has 0 amide bonds. The summed E-state index contributed by atoms with van der Waals surface area (Å²) < 4.78 is 31.5. The van der Waals surface area contributed by atoms with Crippen molar-refractivity contribution in [2.45, 2.75) is 18.9 Å². The van der Waals surface area contributed by atoms with Crippen molar-refractivity contribution in [1.29, 1.82) is 0 Å². The summed E-state index contributed by atoms with van der Waals surface area (Å²) in [5.41, 5.74) is 0.721. The molecule has 2 rings (SSSR count). The van der Waals surface area contributed by atoms with Crippen LogP contribution in [0.5, 0.6) is 11.5 Å². The Morgan fingerprint density at radius 1 is 1.36 bits per heavy atom. The van der Waals surface area contributed by atoms with Gasteiger partial charge in [-0.2, -0.15) is 0 Å². The molecule has 0 radical (unpaired) electrons. The van der Waals surface area contributed by atoms with Crippen molar-refractivity contribution in [3.63, 3.8) is 0 Å². The second-order valence-electron chi connectivity index (χ2n) is 4.98. The Hall–Kier alpha value is -0.630. The Balaban J connectivity index is 0.00000242. The van der Waals surface area contributed by atoms with E-state index in [-0.39, 0.29) is 30.3 Å². The minimum absolute atomic E-state index is 0. The second kappa shape index (κ2) is 8.86. The molecule has 0 saturated carbocycles. The fraction of sp³-hybridized carbons (Fsp3) is 0.571. The molecule has 1 saturated heterocycles. The molecular formula is C14H20BrClF2N2O2. The first-order valence-electron chi connectivity index (χ1n) is 6.82. The molecule has 8 heteroatoms. The predicted molar refractivity (Wildman–Crippen MR) is 87.4 cm³/mol. The van der Waals surface area contributed by atoms with Crippen LogP contribution in [0.3, 0.4) is 0 Å². The molecule has 1 aliphatic heterocycles. The van der Waals surface area contributed by atoms with Gasteiger partial charge in [0, 0.05) is 38.6 Å². The number of rotatable bonds is 5. The van der Waals surface area contributed by atoms with E-state index >= 15 is 0 Å². The molecule has 1 atom stereocenters. The van der Waals surface area contributed by atoms with Gasteiger partial charge in [-0.25, -0.2) is 8.78 Å². The summed E-state index contributed by atoms with van der Waals surface area (Å²) in [6.07, 6.45) is -2.62. The third-order valence-corrected chi connectivity index (χ3v) is 4.25. The number of hydrogen-bond donors (Lipinski definition) is 2. The maximum atomic E-state index is 13.0. The minimum Gasteiger partial charge on any atom is -0.503 e. The predicted octanol–water partition coefficient (Wildman–Crippen LogP) is 3.19. The van der Waals surface area contributed by atoms with E-state index in [1.807, 2.05) is 4.90 Å². The van der Waals surface area contributed by atoms with E-state index in [1.54, 1.807) is 12.1 Å². The largest absolute Gasteiger partial charge is 0.503 e. The molecule has 4 nitrogen and oxygen atoms in total. The van der Waals surface area contributed by atoms with E-state index in [1.165, 1.54) is 7.11 Å². The third-order valence-electron chi connectivity index (χ3n) is 3.65. The third kappa shape index (κ3) is 4.68. The van der Waals surface area contributed by atoms with E-state index < -0.39 is 12.5 Å². The average molecular weight is 402 g/mol. The van der Waals surface area contributed by atoms with E-state index in [0.29, 0.717) is 4.47 Å². The number of nitrogens with one attached hydrogen (secondary N) is 1. The zero-order valence-electron chi connectivity index (χ0n) is 12.2. The normalized spacial score (nSPS) is 17.1. The molecule has 0 bridgehead atoms. The van der Waals surface area contributed by atoms with Crippen LogP contribution in [0.25, 0.3) is 0 Å². The number of aromatic hydroxyl groups is 1. The fourth-order valence-corrected chi connectivity index (χ4v) is 3.06. The van der Waals surface area contributed by atoms with Crippen LogP contribution >= 0.6 is 28.3 Å². The van der Waals surface area contributed by atoms with Crippen molar-refractivity contribution >= 4 is 28.3 Å². The van der Waals surface area contributed by atoms with Gasteiger partial charge < -0.3 is 15.2 Å². The summed E-state index contributed by atoms with van der Waals surface area (Å²) >= 11 is 3.25. The molecule has 1 aliphatic rings. The smallest absolute Gasteiger partial charge is 0.240 e. The molecule has 1 aromatic carbocycles. The maximum absolute atomic E-state index is 13.0. The van der Waals surface area contributed by atoms with Gasteiger partial charge in [0.15, 0.2) is 11.5 Å². The molecule has 126 valence electrons. The summed E-state index contributed by atoms with van der Waals surface area (Å²) in [7, 11) is 1.44. The van der Waals surface area contributed by atoms with Crippen LogP contribution in [0.1, 0.15) is 18.0 Å². The Bertz CT molecular complexity index is 488. The van der Waals surface area contributed by atoms with Crippen LogP contribution in [0.4, 0.5) is 8.78 Å². The number of methoxy groups -OCH3 is 1. The first-order valence-corrected chi connectivity index (χ1v) is 7.61. The Labute approximate surface area is 143 Å². The van der Waals surface area contributed by atoms with E-state index in [0.717, 1.165) is 31.7 Å². The number of alkyl halides is 2. The van der Waals surface area contributed by atoms with E-state index in [4.69, 9.17) is 4.74 Å². The molecule has 22 heavy (non-hydrogen) atoms.